The topological polar surface area (TPSA) is 141 Å². The van der Waals surface area contributed by atoms with Gasteiger partial charge in [-0.05, 0) is 5.56 Å². The molecule has 0 spiro atoms. The number of hydrogen-bond acceptors (Lipinski definition) is 9. The van der Waals surface area contributed by atoms with E-state index < -0.39 is 48.8 Å². The molecule has 12 heteroatoms. The van der Waals surface area contributed by atoms with Gasteiger partial charge in [0.15, 0.2) is 24.2 Å². The van der Waals surface area contributed by atoms with Crippen LogP contribution in [0.15, 0.2) is 47.4 Å². The minimum Gasteiger partial charge on any atom is -0.463 e. The average molecular weight is 485 g/mol. The van der Waals surface area contributed by atoms with Crippen LogP contribution in [0.2, 0.25) is 0 Å². The van der Waals surface area contributed by atoms with E-state index in [1.807, 2.05) is 36.4 Å². The van der Waals surface area contributed by atoms with Gasteiger partial charge in [0.25, 0.3) is 0 Å². The zero-order valence-corrected chi connectivity index (χ0v) is 19.0. The third-order valence-electron chi connectivity index (χ3n) is 5.39. The van der Waals surface area contributed by atoms with Crippen molar-refractivity contribution in [2.45, 2.75) is 45.0 Å². The van der Waals surface area contributed by atoms with Crippen LogP contribution in [0.25, 0.3) is 17.2 Å². The molecule has 184 valence electrons. The van der Waals surface area contributed by atoms with E-state index in [4.69, 9.17) is 19.9 Å². The standard InChI is InChI=1S/C23H24FN5O6/c1-13(30)33-12-17-18(24)19(34-14(2)31)21(35-17)29-20-16(11-26-22(25)27-20)28(23(29)32)10-6-9-15-7-4-3-5-8-15/h3-9,11,17-19,21H,10,12H2,1-2H3,(H2,25,26,27)/b9-6+/t17-,18-,19-,21-/m1/s1. The second-order valence-electron chi connectivity index (χ2n) is 7.90. The molecule has 4 atom stereocenters. The molecule has 3 aromatic rings. The van der Waals surface area contributed by atoms with Crippen molar-refractivity contribution >= 4 is 35.1 Å². The van der Waals surface area contributed by atoms with E-state index in [0.29, 0.717) is 5.52 Å². The highest BCUT2D eigenvalue weighted by Gasteiger charge is 2.50. The number of allylic oxidation sites excluding steroid dienone is 1. The van der Waals surface area contributed by atoms with Crippen molar-refractivity contribution in [1.82, 2.24) is 19.1 Å². The van der Waals surface area contributed by atoms with E-state index >= 15 is 4.39 Å². The van der Waals surface area contributed by atoms with Crippen LogP contribution < -0.4 is 11.4 Å². The predicted molar refractivity (Wildman–Crippen MR) is 123 cm³/mol. The number of aromatic nitrogens is 4. The maximum Gasteiger partial charge on any atom is 0.332 e. The van der Waals surface area contributed by atoms with Crippen LogP contribution in [0, 0.1) is 0 Å². The summed E-state index contributed by atoms with van der Waals surface area (Å²) in [6.45, 7) is 2.01. The molecular formula is C23H24FN5O6. The molecule has 0 bridgehead atoms. The molecule has 4 rings (SSSR count). The fourth-order valence-electron chi connectivity index (χ4n) is 3.89. The Morgan fingerprint density at radius 1 is 1.23 bits per heavy atom. The SMILES string of the molecule is CC(=O)OC[C@H]1O[C@@H](n2c(=O)n(C/C=C/c3ccccc3)c3cnc(N)nc32)[C@H](OC(C)=O)[C@@H]1F. The second-order valence-corrected chi connectivity index (χ2v) is 7.90. The highest BCUT2D eigenvalue weighted by molar-refractivity contribution is 5.72. The number of esters is 2. The van der Waals surface area contributed by atoms with Gasteiger partial charge < -0.3 is 19.9 Å². The van der Waals surface area contributed by atoms with Crippen LogP contribution in [0.4, 0.5) is 10.3 Å². The molecule has 1 saturated heterocycles. The van der Waals surface area contributed by atoms with Crippen molar-refractivity contribution in [3.05, 3.63) is 58.7 Å². The summed E-state index contributed by atoms with van der Waals surface area (Å²) in [7, 11) is 0. The third kappa shape index (κ3) is 5.06. The Kier molecular flexibility index (Phi) is 6.92. The molecular weight excluding hydrogens is 461 g/mol. The lowest BCUT2D eigenvalue weighted by atomic mass is 10.1. The largest absolute Gasteiger partial charge is 0.463 e. The zero-order chi connectivity index (χ0) is 25.1. The summed E-state index contributed by atoms with van der Waals surface area (Å²) < 4.78 is 33.5. The lowest BCUT2D eigenvalue weighted by Gasteiger charge is -2.19. The summed E-state index contributed by atoms with van der Waals surface area (Å²) in [5.41, 5.74) is 6.51. The highest BCUT2D eigenvalue weighted by atomic mass is 19.1. The Morgan fingerprint density at radius 3 is 2.66 bits per heavy atom. The van der Waals surface area contributed by atoms with Crippen LogP contribution in [0.5, 0.6) is 0 Å². The Bertz CT molecular complexity index is 1320. The van der Waals surface area contributed by atoms with Gasteiger partial charge in [-0.2, -0.15) is 4.98 Å². The number of fused-ring (bicyclic) bond motifs is 1. The molecule has 11 nitrogen and oxygen atoms in total. The van der Waals surface area contributed by atoms with Gasteiger partial charge in [-0.25, -0.2) is 18.7 Å². The fourth-order valence-corrected chi connectivity index (χ4v) is 3.89. The Hall–Kier alpha value is -4.06. The smallest absolute Gasteiger partial charge is 0.332 e. The van der Waals surface area contributed by atoms with Gasteiger partial charge in [-0.1, -0.05) is 42.5 Å². The number of alkyl halides is 1. The normalized spacial score (nSPS) is 22.0. The Balaban J connectivity index is 1.75. The number of anilines is 1. The van der Waals surface area contributed by atoms with Crippen molar-refractivity contribution < 1.29 is 28.2 Å². The summed E-state index contributed by atoms with van der Waals surface area (Å²) in [5, 5.41) is 0. The molecule has 0 saturated carbocycles. The maximum atomic E-state index is 15.2. The average Bonchev–Trinajstić information content (AvgIpc) is 3.25. The van der Waals surface area contributed by atoms with E-state index in [9.17, 15) is 14.4 Å². The molecule has 2 aromatic heterocycles. The van der Waals surface area contributed by atoms with Crippen LogP contribution in [0.1, 0.15) is 25.6 Å². The number of nitrogens with zero attached hydrogens (tertiary/aromatic N) is 4. The summed E-state index contributed by atoms with van der Waals surface area (Å²) in [6.07, 6.45) is -1.00. The minimum absolute atomic E-state index is 0.0816. The van der Waals surface area contributed by atoms with E-state index in [1.165, 1.54) is 17.7 Å². The summed E-state index contributed by atoms with van der Waals surface area (Å²) in [6, 6.07) is 9.49. The first-order valence-corrected chi connectivity index (χ1v) is 10.8. The summed E-state index contributed by atoms with van der Waals surface area (Å²) >= 11 is 0. The van der Waals surface area contributed by atoms with Gasteiger partial charge in [-0.15, -0.1) is 0 Å². The molecule has 1 fully saturated rings. The number of hydrogen-bond donors (Lipinski definition) is 1. The number of carbonyl (C=O) groups excluding carboxylic acids is 2. The molecule has 3 heterocycles. The number of imidazole rings is 1. The fraction of sp³-hybridized carbons (Fsp3) is 0.348. The first-order chi connectivity index (χ1) is 16.8. The first-order valence-electron chi connectivity index (χ1n) is 10.8. The lowest BCUT2D eigenvalue weighted by Crippen LogP contribution is -2.37. The van der Waals surface area contributed by atoms with Crippen molar-refractivity contribution in [3.8, 4) is 0 Å². The number of rotatable bonds is 7. The monoisotopic (exact) mass is 485 g/mol. The molecule has 2 N–H and O–H groups in total. The molecule has 35 heavy (non-hydrogen) atoms. The molecule has 0 amide bonds. The van der Waals surface area contributed by atoms with E-state index in [2.05, 4.69) is 9.97 Å². The second kappa shape index (κ2) is 10.1. The Labute approximate surface area is 198 Å². The number of ether oxygens (including phenoxy) is 3. The van der Waals surface area contributed by atoms with Crippen molar-refractivity contribution in [2.24, 2.45) is 0 Å². The van der Waals surface area contributed by atoms with Gasteiger partial charge in [0.05, 0.1) is 6.20 Å². The quantitative estimate of drug-likeness (QED) is 0.494. The molecule has 1 aliphatic rings. The van der Waals surface area contributed by atoms with Crippen LogP contribution in [-0.4, -0.2) is 56.0 Å². The molecule has 1 aliphatic heterocycles. The van der Waals surface area contributed by atoms with Crippen LogP contribution in [0.3, 0.4) is 0 Å². The number of carbonyl (C=O) groups is 2. The third-order valence-corrected chi connectivity index (χ3v) is 5.39. The number of halogens is 1. The zero-order valence-electron chi connectivity index (χ0n) is 19.0. The van der Waals surface area contributed by atoms with Crippen molar-refractivity contribution in [1.29, 1.82) is 0 Å². The first kappa shape index (κ1) is 24.1. The summed E-state index contributed by atoms with van der Waals surface area (Å²) in [4.78, 5) is 44.5. The minimum atomic E-state index is -1.87. The van der Waals surface area contributed by atoms with E-state index in [-0.39, 0.29) is 18.1 Å². The van der Waals surface area contributed by atoms with Crippen molar-refractivity contribution in [3.63, 3.8) is 0 Å². The molecule has 0 radical (unpaired) electrons. The molecule has 0 unspecified atom stereocenters. The lowest BCUT2D eigenvalue weighted by molar-refractivity contribution is -0.154. The summed E-state index contributed by atoms with van der Waals surface area (Å²) in [5.74, 6) is -1.51. The van der Waals surface area contributed by atoms with Crippen LogP contribution in [-0.2, 0) is 30.3 Å². The Morgan fingerprint density at radius 2 is 1.97 bits per heavy atom. The molecule has 1 aromatic carbocycles. The van der Waals surface area contributed by atoms with Crippen LogP contribution >= 0.6 is 0 Å². The van der Waals surface area contributed by atoms with Gasteiger partial charge >= 0.3 is 17.6 Å². The van der Waals surface area contributed by atoms with E-state index in [1.54, 1.807) is 6.08 Å². The van der Waals surface area contributed by atoms with Gasteiger partial charge in [0, 0.05) is 20.4 Å². The predicted octanol–water partition coefficient (Wildman–Crippen LogP) is 1.62. The number of benzene rings is 1. The van der Waals surface area contributed by atoms with Crippen molar-refractivity contribution in [2.75, 3.05) is 12.3 Å². The number of nitrogens with two attached hydrogens (primary N) is 1. The molecule has 0 aliphatic carbocycles. The maximum absolute atomic E-state index is 15.2. The highest BCUT2D eigenvalue weighted by Crippen LogP contribution is 2.35. The van der Waals surface area contributed by atoms with Gasteiger partial charge in [0.2, 0.25) is 5.95 Å². The van der Waals surface area contributed by atoms with Gasteiger partial charge in [0.1, 0.15) is 18.2 Å². The van der Waals surface area contributed by atoms with Gasteiger partial charge in [-0.3, -0.25) is 14.2 Å². The van der Waals surface area contributed by atoms with E-state index in [0.717, 1.165) is 17.1 Å². The number of nitrogen functional groups attached to an aromatic ring is 1.